The summed E-state index contributed by atoms with van der Waals surface area (Å²) >= 11 is 0. The van der Waals surface area contributed by atoms with E-state index in [0.29, 0.717) is 6.54 Å². The number of fused-ring (bicyclic) bond motifs is 1. The second-order valence-electron chi connectivity index (χ2n) is 6.18. The Morgan fingerprint density at radius 3 is 3.04 bits per heavy atom. The lowest BCUT2D eigenvalue weighted by Gasteiger charge is -2.13. The SMILES string of the molecule is Cc1ccc2c(CCNC(=O)N[C@@H]3C=C[C@H](CO)C3)c[nH]c2c1. The number of rotatable bonds is 5. The molecule has 0 aliphatic heterocycles. The summed E-state index contributed by atoms with van der Waals surface area (Å²) in [5, 5.41) is 16.1. The molecule has 1 aromatic carbocycles. The van der Waals surface area contributed by atoms with Gasteiger partial charge in [-0.15, -0.1) is 0 Å². The van der Waals surface area contributed by atoms with Crippen LogP contribution in [0.3, 0.4) is 0 Å². The van der Waals surface area contributed by atoms with E-state index >= 15 is 0 Å². The first-order valence-electron chi connectivity index (χ1n) is 8.06. The van der Waals surface area contributed by atoms with E-state index in [1.807, 2.05) is 18.3 Å². The van der Waals surface area contributed by atoms with Gasteiger partial charge in [0.2, 0.25) is 0 Å². The number of aliphatic hydroxyl groups excluding tert-OH is 1. The van der Waals surface area contributed by atoms with Crippen molar-refractivity contribution >= 4 is 16.9 Å². The smallest absolute Gasteiger partial charge is 0.315 e. The molecule has 0 fully saturated rings. The lowest BCUT2D eigenvalue weighted by Crippen LogP contribution is -2.41. The van der Waals surface area contributed by atoms with Gasteiger partial charge in [0.15, 0.2) is 0 Å². The number of carbonyl (C=O) groups is 1. The molecule has 0 saturated heterocycles. The summed E-state index contributed by atoms with van der Waals surface area (Å²) in [5.74, 6) is 0.162. The summed E-state index contributed by atoms with van der Waals surface area (Å²) in [6.45, 7) is 2.80. The van der Waals surface area contributed by atoms with Gasteiger partial charge in [-0.3, -0.25) is 0 Å². The van der Waals surface area contributed by atoms with E-state index < -0.39 is 0 Å². The van der Waals surface area contributed by atoms with Gasteiger partial charge in [-0.05, 0) is 37.0 Å². The third-order valence-electron chi connectivity index (χ3n) is 4.33. The number of nitrogens with one attached hydrogen (secondary N) is 3. The van der Waals surface area contributed by atoms with Crippen LogP contribution in [0.15, 0.2) is 36.5 Å². The maximum atomic E-state index is 11.9. The zero-order valence-electron chi connectivity index (χ0n) is 13.3. The minimum Gasteiger partial charge on any atom is -0.396 e. The molecule has 1 aliphatic carbocycles. The van der Waals surface area contributed by atoms with Crippen molar-refractivity contribution in [3.63, 3.8) is 0 Å². The number of H-pyrrole nitrogens is 1. The third-order valence-corrected chi connectivity index (χ3v) is 4.33. The molecule has 0 saturated carbocycles. The maximum absolute atomic E-state index is 11.9. The van der Waals surface area contributed by atoms with E-state index in [9.17, 15) is 4.79 Å². The Kier molecular flexibility index (Phi) is 4.67. The molecule has 2 atom stereocenters. The van der Waals surface area contributed by atoms with Crippen molar-refractivity contribution in [2.75, 3.05) is 13.2 Å². The lowest BCUT2D eigenvalue weighted by molar-refractivity contribution is 0.231. The van der Waals surface area contributed by atoms with Crippen LogP contribution in [0, 0.1) is 12.8 Å². The topological polar surface area (TPSA) is 77.2 Å². The Labute approximate surface area is 135 Å². The van der Waals surface area contributed by atoms with E-state index in [2.05, 4.69) is 40.7 Å². The highest BCUT2D eigenvalue weighted by Gasteiger charge is 2.19. The van der Waals surface area contributed by atoms with Crippen molar-refractivity contribution < 1.29 is 9.90 Å². The Hall–Kier alpha value is -2.27. The van der Waals surface area contributed by atoms with Gasteiger partial charge in [-0.2, -0.15) is 0 Å². The molecule has 0 bridgehead atoms. The molecule has 5 nitrogen and oxygen atoms in total. The number of benzene rings is 1. The van der Waals surface area contributed by atoms with E-state index in [0.717, 1.165) is 18.4 Å². The summed E-state index contributed by atoms with van der Waals surface area (Å²) < 4.78 is 0. The summed E-state index contributed by atoms with van der Waals surface area (Å²) in [7, 11) is 0. The summed E-state index contributed by atoms with van der Waals surface area (Å²) in [6.07, 6.45) is 7.47. The van der Waals surface area contributed by atoms with Crippen molar-refractivity contribution in [3.8, 4) is 0 Å². The van der Waals surface area contributed by atoms with Gasteiger partial charge in [-0.25, -0.2) is 4.79 Å². The largest absolute Gasteiger partial charge is 0.396 e. The number of aryl methyl sites for hydroxylation is 1. The van der Waals surface area contributed by atoms with E-state index in [1.54, 1.807) is 0 Å². The van der Waals surface area contributed by atoms with Gasteiger partial charge in [0, 0.05) is 42.2 Å². The lowest BCUT2D eigenvalue weighted by atomic mass is 10.1. The molecular weight excluding hydrogens is 290 g/mol. The van der Waals surface area contributed by atoms with Gasteiger partial charge in [0.1, 0.15) is 0 Å². The van der Waals surface area contributed by atoms with Gasteiger partial charge in [0.05, 0.1) is 0 Å². The van der Waals surface area contributed by atoms with Crippen LogP contribution in [-0.2, 0) is 6.42 Å². The zero-order valence-corrected chi connectivity index (χ0v) is 13.3. The van der Waals surface area contributed by atoms with Crippen molar-refractivity contribution in [2.45, 2.75) is 25.8 Å². The number of hydrogen-bond acceptors (Lipinski definition) is 2. The highest BCUT2D eigenvalue weighted by molar-refractivity contribution is 5.84. The van der Waals surface area contributed by atoms with Crippen molar-refractivity contribution in [3.05, 3.63) is 47.7 Å². The van der Waals surface area contributed by atoms with Gasteiger partial charge in [0.25, 0.3) is 0 Å². The molecule has 0 unspecified atom stereocenters. The van der Waals surface area contributed by atoms with Crippen LogP contribution in [0.2, 0.25) is 0 Å². The summed E-state index contributed by atoms with van der Waals surface area (Å²) in [5.41, 5.74) is 3.58. The molecule has 2 amide bonds. The standard InChI is InChI=1S/C18H23N3O2/c1-12-2-5-16-14(10-20-17(16)8-12)6-7-19-18(23)21-15-4-3-13(9-15)11-22/h2-5,8,10,13,15,20,22H,6-7,9,11H2,1H3,(H2,19,21,23)/t13-,15+/m0/s1. The molecule has 122 valence electrons. The van der Waals surface area contributed by atoms with Crippen molar-refractivity contribution in [2.24, 2.45) is 5.92 Å². The number of aromatic nitrogens is 1. The minimum absolute atomic E-state index is 0.0169. The monoisotopic (exact) mass is 313 g/mol. The van der Waals surface area contributed by atoms with E-state index in [-0.39, 0.29) is 24.6 Å². The molecule has 5 heteroatoms. The maximum Gasteiger partial charge on any atom is 0.315 e. The van der Waals surface area contributed by atoms with Crippen LogP contribution in [0.25, 0.3) is 10.9 Å². The average molecular weight is 313 g/mol. The predicted octanol–water partition coefficient (Wildman–Crippen LogP) is 2.26. The Morgan fingerprint density at radius 1 is 1.39 bits per heavy atom. The molecule has 0 spiro atoms. The average Bonchev–Trinajstić information content (AvgIpc) is 3.14. The Morgan fingerprint density at radius 2 is 2.26 bits per heavy atom. The Bertz CT molecular complexity index is 720. The molecule has 2 aromatic rings. The van der Waals surface area contributed by atoms with Crippen molar-refractivity contribution in [1.29, 1.82) is 0 Å². The van der Waals surface area contributed by atoms with Crippen LogP contribution < -0.4 is 10.6 Å². The van der Waals surface area contributed by atoms with Gasteiger partial charge >= 0.3 is 6.03 Å². The van der Waals surface area contributed by atoms with Crippen molar-refractivity contribution in [1.82, 2.24) is 15.6 Å². The molecule has 4 N–H and O–H groups in total. The normalized spacial score (nSPS) is 20.1. The zero-order chi connectivity index (χ0) is 16.2. The predicted molar refractivity (Wildman–Crippen MR) is 91.4 cm³/mol. The van der Waals surface area contributed by atoms with Gasteiger partial charge < -0.3 is 20.7 Å². The molecule has 23 heavy (non-hydrogen) atoms. The first-order valence-corrected chi connectivity index (χ1v) is 8.06. The quantitative estimate of drug-likeness (QED) is 0.639. The number of carbonyl (C=O) groups excluding carboxylic acids is 1. The number of aromatic amines is 1. The van der Waals surface area contributed by atoms with Crippen LogP contribution in [0.5, 0.6) is 0 Å². The molecule has 0 radical (unpaired) electrons. The van der Waals surface area contributed by atoms with Crippen LogP contribution in [0.1, 0.15) is 17.5 Å². The summed E-state index contributed by atoms with van der Waals surface area (Å²) in [4.78, 5) is 15.2. The van der Waals surface area contributed by atoms with E-state index in [1.165, 1.54) is 16.5 Å². The fourth-order valence-corrected chi connectivity index (χ4v) is 3.05. The van der Waals surface area contributed by atoms with Gasteiger partial charge in [-0.1, -0.05) is 24.3 Å². The fraction of sp³-hybridized carbons (Fsp3) is 0.389. The number of amides is 2. The molecule has 1 heterocycles. The van der Waals surface area contributed by atoms with Crippen LogP contribution in [-0.4, -0.2) is 35.3 Å². The van der Waals surface area contributed by atoms with Crippen LogP contribution >= 0.6 is 0 Å². The number of aliphatic hydroxyl groups is 1. The third kappa shape index (κ3) is 3.74. The second kappa shape index (κ2) is 6.87. The number of hydrogen-bond donors (Lipinski definition) is 4. The second-order valence-corrected chi connectivity index (χ2v) is 6.18. The highest BCUT2D eigenvalue weighted by atomic mass is 16.3. The first kappa shape index (κ1) is 15.6. The highest BCUT2D eigenvalue weighted by Crippen LogP contribution is 2.19. The summed E-state index contributed by atoms with van der Waals surface area (Å²) in [6, 6.07) is 6.21. The molecule has 1 aromatic heterocycles. The number of urea groups is 1. The van der Waals surface area contributed by atoms with E-state index in [4.69, 9.17) is 5.11 Å². The minimum atomic E-state index is -0.158. The molecular formula is C18H23N3O2. The van der Waals surface area contributed by atoms with Crippen LogP contribution in [0.4, 0.5) is 4.79 Å². The molecule has 1 aliphatic rings. The fourth-order valence-electron chi connectivity index (χ4n) is 3.05. The molecule has 3 rings (SSSR count). The first-order chi connectivity index (χ1) is 11.2. The Balaban J connectivity index is 1.47.